The molecule has 0 aliphatic carbocycles. The minimum atomic E-state index is -4.40. The first-order valence-electron chi connectivity index (χ1n) is 3.40. The maximum atomic E-state index is 11.7. The first-order chi connectivity index (χ1) is 6.38. The van der Waals surface area contributed by atoms with Crippen LogP contribution in [0.25, 0.3) is 0 Å². The Morgan fingerprint density at radius 3 is 2.43 bits per heavy atom. The average molecular weight is 246 g/mol. The molecule has 1 aromatic rings. The minimum Gasteiger partial charge on any atom is -0.481 e. The van der Waals surface area contributed by atoms with Crippen LogP contribution in [-0.2, 0) is 0 Å². The number of hydrogen-bond acceptors (Lipinski definition) is 2. The van der Waals surface area contributed by atoms with Crippen LogP contribution in [0.4, 0.5) is 13.2 Å². The van der Waals surface area contributed by atoms with Crippen molar-refractivity contribution in [2.45, 2.75) is 6.18 Å². The predicted octanol–water partition coefficient (Wildman–Crippen LogP) is 3.33. The molecule has 1 heterocycles. The molecule has 0 atom stereocenters. The Balaban J connectivity index is 2.68. The Labute approximate surface area is 87.6 Å². The molecule has 1 rings (SSSR count). The van der Waals surface area contributed by atoms with Crippen molar-refractivity contribution in [1.82, 2.24) is 4.98 Å². The Morgan fingerprint density at radius 2 is 1.93 bits per heavy atom. The third-order valence-electron chi connectivity index (χ3n) is 1.17. The van der Waals surface area contributed by atoms with Crippen LogP contribution in [0.3, 0.4) is 0 Å². The summed E-state index contributed by atoms with van der Waals surface area (Å²) in [5.41, 5.74) is 0. The van der Waals surface area contributed by atoms with E-state index in [0.717, 1.165) is 0 Å². The average Bonchev–Trinajstić information content (AvgIpc) is 2.00. The Kier molecular flexibility index (Phi) is 3.44. The van der Waals surface area contributed by atoms with Crippen LogP contribution in [-0.4, -0.2) is 17.8 Å². The molecule has 1 aromatic heterocycles. The highest BCUT2D eigenvalue weighted by molar-refractivity contribution is 6.33. The molecule has 0 aliphatic heterocycles. The van der Waals surface area contributed by atoms with E-state index in [-0.39, 0.29) is 16.1 Å². The first-order valence-corrected chi connectivity index (χ1v) is 4.16. The molecule has 14 heavy (non-hydrogen) atoms. The third kappa shape index (κ3) is 3.59. The highest BCUT2D eigenvalue weighted by Gasteiger charge is 2.28. The zero-order chi connectivity index (χ0) is 10.8. The van der Waals surface area contributed by atoms with Gasteiger partial charge in [-0.25, -0.2) is 4.98 Å². The van der Waals surface area contributed by atoms with Gasteiger partial charge in [-0.1, -0.05) is 23.2 Å². The largest absolute Gasteiger partial charge is 0.481 e. The molecule has 0 radical (unpaired) electrons. The number of alkyl halides is 3. The van der Waals surface area contributed by atoms with Crippen LogP contribution in [0.15, 0.2) is 12.1 Å². The Hall–Kier alpha value is -0.680. The number of pyridine rings is 1. The van der Waals surface area contributed by atoms with Gasteiger partial charge in [-0.2, -0.15) is 13.2 Å². The van der Waals surface area contributed by atoms with E-state index in [4.69, 9.17) is 23.2 Å². The lowest BCUT2D eigenvalue weighted by molar-refractivity contribution is -0.153. The van der Waals surface area contributed by atoms with Crippen molar-refractivity contribution in [3.8, 4) is 5.75 Å². The van der Waals surface area contributed by atoms with Crippen molar-refractivity contribution in [2.24, 2.45) is 0 Å². The van der Waals surface area contributed by atoms with Crippen molar-refractivity contribution in [3.05, 3.63) is 22.4 Å². The molecule has 0 amide bonds. The van der Waals surface area contributed by atoms with Gasteiger partial charge in [0.15, 0.2) is 17.5 Å². The number of rotatable bonds is 2. The summed E-state index contributed by atoms with van der Waals surface area (Å²) in [6.45, 7) is -1.41. The zero-order valence-corrected chi connectivity index (χ0v) is 8.12. The number of aromatic nitrogens is 1. The summed E-state index contributed by atoms with van der Waals surface area (Å²) in [6, 6.07) is 2.52. The second kappa shape index (κ2) is 4.23. The normalized spacial score (nSPS) is 11.5. The van der Waals surface area contributed by atoms with Gasteiger partial charge in [0.2, 0.25) is 0 Å². The van der Waals surface area contributed by atoms with Gasteiger partial charge in [0.05, 0.1) is 0 Å². The van der Waals surface area contributed by atoms with Crippen LogP contribution in [0.5, 0.6) is 5.75 Å². The van der Waals surface area contributed by atoms with E-state index in [2.05, 4.69) is 9.72 Å². The SMILES string of the molecule is FC(F)(F)COc1ccc(Cl)nc1Cl. The van der Waals surface area contributed by atoms with E-state index in [9.17, 15) is 13.2 Å². The number of hydrogen-bond donors (Lipinski definition) is 0. The maximum Gasteiger partial charge on any atom is 0.422 e. The van der Waals surface area contributed by atoms with E-state index < -0.39 is 12.8 Å². The van der Waals surface area contributed by atoms with Gasteiger partial charge in [-0.05, 0) is 12.1 Å². The van der Waals surface area contributed by atoms with E-state index in [1.807, 2.05) is 0 Å². The van der Waals surface area contributed by atoms with Crippen molar-refractivity contribution in [2.75, 3.05) is 6.61 Å². The lowest BCUT2D eigenvalue weighted by Crippen LogP contribution is -2.19. The summed E-state index contributed by atoms with van der Waals surface area (Å²) in [6.07, 6.45) is -4.40. The molecule has 0 fully saturated rings. The van der Waals surface area contributed by atoms with Crippen LogP contribution in [0.2, 0.25) is 10.3 Å². The van der Waals surface area contributed by atoms with Crippen molar-refractivity contribution >= 4 is 23.2 Å². The van der Waals surface area contributed by atoms with E-state index in [1.165, 1.54) is 12.1 Å². The fourth-order valence-electron chi connectivity index (χ4n) is 0.667. The lowest BCUT2D eigenvalue weighted by atomic mass is 10.4. The minimum absolute atomic E-state index is 0.0920. The predicted molar refractivity (Wildman–Crippen MR) is 45.8 cm³/mol. The highest BCUT2D eigenvalue weighted by Crippen LogP contribution is 2.25. The summed E-state index contributed by atoms with van der Waals surface area (Å²) in [5.74, 6) is -0.145. The second-order valence-corrected chi connectivity index (χ2v) is 3.07. The molecule has 0 unspecified atom stereocenters. The number of halogens is 5. The summed E-state index contributed by atoms with van der Waals surface area (Å²) >= 11 is 10.9. The molecule has 7 heteroatoms. The van der Waals surface area contributed by atoms with Crippen LogP contribution in [0, 0.1) is 0 Å². The molecule has 0 spiro atoms. The standard InChI is InChI=1S/C7H4Cl2F3NO/c8-5-2-1-4(6(9)13-5)14-3-7(10,11)12/h1-2H,3H2. The summed E-state index contributed by atoms with van der Waals surface area (Å²) < 4.78 is 39.6. The van der Waals surface area contributed by atoms with E-state index in [1.54, 1.807) is 0 Å². The van der Waals surface area contributed by atoms with Crippen LogP contribution in [0.1, 0.15) is 0 Å². The topological polar surface area (TPSA) is 22.1 Å². The molecular weight excluding hydrogens is 242 g/mol. The zero-order valence-electron chi connectivity index (χ0n) is 6.61. The molecule has 78 valence electrons. The Morgan fingerprint density at radius 1 is 1.29 bits per heavy atom. The smallest absolute Gasteiger partial charge is 0.422 e. The van der Waals surface area contributed by atoms with Gasteiger partial charge in [-0.3, -0.25) is 0 Å². The van der Waals surface area contributed by atoms with Gasteiger partial charge in [0, 0.05) is 0 Å². The quantitative estimate of drug-likeness (QED) is 0.746. The van der Waals surface area contributed by atoms with Gasteiger partial charge in [0.25, 0.3) is 0 Å². The van der Waals surface area contributed by atoms with Gasteiger partial charge in [0.1, 0.15) is 5.15 Å². The number of ether oxygens (including phenoxy) is 1. The lowest BCUT2D eigenvalue weighted by Gasteiger charge is -2.09. The van der Waals surface area contributed by atoms with E-state index in [0.29, 0.717) is 0 Å². The maximum absolute atomic E-state index is 11.7. The van der Waals surface area contributed by atoms with Gasteiger partial charge >= 0.3 is 6.18 Å². The molecular formula is C7H4Cl2F3NO. The van der Waals surface area contributed by atoms with Crippen LogP contribution < -0.4 is 4.74 Å². The van der Waals surface area contributed by atoms with E-state index >= 15 is 0 Å². The molecule has 0 saturated carbocycles. The molecule has 0 N–H and O–H groups in total. The summed E-state index contributed by atoms with van der Waals surface area (Å²) in [4.78, 5) is 3.51. The molecule has 0 aliphatic rings. The Bertz CT molecular complexity index is 329. The van der Waals surface area contributed by atoms with Crippen molar-refractivity contribution < 1.29 is 17.9 Å². The molecule has 0 bridgehead atoms. The van der Waals surface area contributed by atoms with Gasteiger partial charge < -0.3 is 4.74 Å². The fraction of sp³-hybridized carbons (Fsp3) is 0.286. The first kappa shape index (κ1) is 11.4. The fourth-order valence-corrected chi connectivity index (χ4v) is 1.07. The third-order valence-corrected chi connectivity index (χ3v) is 1.65. The van der Waals surface area contributed by atoms with Crippen molar-refractivity contribution in [3.63, 3.8) is 0 Å². The molecule has 0 saturated heterocycles. The second-order valence-electron chi connectivity index (χ2n) is 2.33. The van der Waals surface area contributed by atoms with Gasteiger partial charge in [-0.15, -0.1) is 0 Å². The highest BCUT2D eigenvalue weighted by atomic mass is 35.5. The summed E-state index contributed by atoms with van der Waals surface area (Å²) in [7, 11) is 0. The molecule has 0 aromatic carbocycles. The molecule has 2 nitrogen and oxygen atoms in total. The number of nitrogens with zero attached hydrogens (tertiary/aromatic N) is 1. The monoisotopic (exact) mass is 245 g/mol. The van der Waals surface area contributed by atoms with Crippen molar-refractivity contribution in [1.29, 1.82) is 0 Å². The van der Waals surface area contributed by atoms with Crippen LogP contribution >= 0.6 is 23.2 Å². The summed E-state index contributed by atoms with van der Waals surface area (Å²) in [5, 5.41) is -0.101.